The summed E-state index contributed by atoms with van der Waals surface area (Å²) in [5, 5.41) is 0.248. The van der Waals surface area contributed by atoms with Crippen molar-refractivity contribution in [3.63, 3.8) is 0 Å². The molecule has 1 aromatic carbocycles. The van der Waals surface area contributed by atoms with E-state index in [9.17, 15) is 9.18 Å². The summed E-state index contributed by atoms with van der Waals surface area (Å²) in [7, 11) is 0. The Morgan fingerprint density at radius 3 is 2.55 bits per heavy atom. The van der Waals surface area contributed by atoms with Crippen LogP contribution < -0.4 is 0 Å². The highest BCUT2D eigenvalue weighted by molar-refractivity contribution is 6.32. The molecule has 0 fully saturated rings. The number of allylic oxidation sites excluding steroid dienone is 1. The Labute approximate surface area is 128 Å². The molecular weight excluding hydrogens is 300 g/mol. The lowest BCUT2D eigenvalue weighted by atomic mass is 10.1. The Balaban J connectivity index is 3.49. The number of carbonyl (C=O) groups excluding carboxylic acids is 1. The number of amides is 1. The summed E-state index contributed by atoms with van der Waals surface area (Å²) in [4.78, 5) is 13.4. The minimum atomic E-state index is -0.481. The maximum absolute atomic E-state index is 14.1. The normalized spacial score (nSPS) is 10.1. The topological polar surface area (TPSA) is 20.3 Å². The number of carbonyl (C=O) groups is 1. The number of hydrogen-bond donors (Lipinski definition) is 0. The molecule has 1 rings (SSSR count). The van der Waals surface area contributed by atoms with Gasteiger partial charge in [-0.3, -0.25) is 4.79 Å². The van der Waals surface area contributed by atoms with Gasteiger partial charge in [0.05, 0.1) is 16.3 Å². The van der Waals surface area contributed by atoms with E-state index in [1.165, 1.54) is 17.0 Å². The molecule has 0 saturated heterocycles. The first-order valence-electron chi connectivity index (χ1n) is 6.03. The third-order valence-corrected chi connectivity index (χ3v) is 3.21. The number of benzene rings is 1. The lowest BCUT2D eigenvalue weighted by Gasteiger charge is -2.26. The van der Waals surface area contributed by atoms with E-state index in [0.29, 0.717) is 5.70 Å². The van der Waals surface area contributed by atoms with Crippen LogP contribution >= 0.6 is 23.2 Å². The van der Waals surface area contributed by atoms with Gasteiger partial charge >= 0.3 is 0 Å². The summed E-state index contributed by atoms with van der Waals surface area (Å²) in [5.41, 5.74) is 1.39. The Morgan fingerprint density at radius 1 is 1.45 bits per heavy atom. The standard InChI is InChI=1S/C15H16Cl2FNO/c1-4-8-19(13(20)9-16)15(10(2)3)14-11(17)6-5-7-12(14)18/h4-7H,1,8-9H2,2-3H3. The van der Waals surface area contributed by atoms with E-state index < -0.39 is 5.82 Å². The fourth-order valence-corrected chi connectivity index (χ4v) is 2.29. The van der Waals surface area contributed by atoms with Crippen molar-refractivity contribution in [1.82, 2.24) is 4.90 Å². The lowest BCUT2D eigenvalue weighted by molar-refractivity contribution is -0.124. The highest BCUT2D eigenvalue weighted by atomic mass is 35.5. The van der Waals surface area contributed by atoms with Crippen molar-refractivity contribution in [1.29, 1.82) is 0 Å². The summed E-state index contributed by atoms with van der Waals surface area (Å²) in [6.45, 7) is 7.42. The fraction of sp³-hybridized carbons (Fsp3) is 0.267. The van der Waals surface area contributed by atoms with Crippen LogP contribution in [0.1, 0.15) is 19.4 Å². The van der Waals surface area contributed by atoms with Crippen LogP contribution in [0.5, 0.6) is 0 Å². The molecule has 1 amide bonds. The second-order valence-corrected chi connectivity index (χ2v) is 5.05. The van der Waals surface area contributed by atoms with E-state index in [2.05, 4.69) is 6.58 Å². The average Bonchev–Trinajstić information content (AvgIpc) is 2.40. The van der Waals surface area contributed by atoms with Crippen LogP contribution in [0, 0.1) is 5.82 Å². The van der Waals surface area contributed by atoms with E-state index >= 15 is 0 Å². The molecule has 0 aliphatic carbocycles. The minimum absolute atomic E-state index is 0.198. The zero-order valence-corrected chi connectivity index (χ0v) is 12.9. The first-order chi connectivity index (χ1) is 9.43. The zero-order chi connectivity index (χ0) is 15.3. The second kappa shape index (κ2) is 7.46. The lowest BCUT2D eigenvalue weighted by Crippen LogP contribution is -2.31. The van der Waals surface area contributed by atoms with Gasteiger partial charge in [0.1, 0.15) is 11.7 Å². The smallest absolute Gasteiger partial charge is 0.242 e. The Morgan fingerprint density at radius 2 is 2.10 bits per heavy atom. The highest BCUT2D eigenvalue weighted by Crippen LogP contribution is 2.31. The van der Waals surface area contributed by atoms with E-state index in [-0.39, 0.29) is 28.9 Å². The predicted octanol–water partition coefficient (Wildman–Crippen LogP) is 4.48. The van der Waals surface area contributed by atoms with Crippen molar-refractivity contribution in [2.24, 2.45) is 0 Å². The maximum Gasteiger partial charge on any atom is 0.242 e. The van der Waals surface area contributed by atoms with Gasteiger partial charge in [0, 0.05) is 6.54 Å². The Bertz CT molecular complexity index is 531. The van der Waals surface area contributed by atoms with Gasteiger partial charge in [-0.05, 0) is 26.0 Å². The van der Waals surface area contributed by atoms with Gasteiger partial charge in [0.25, 0.3) is 0 Å². The molecule has 0 atom stereocenters. The first kappa shape index (κ1) is 16.7. The molecule has 0 saturated carbocycles. The van der Waals surface area contributed by atoms with Gasteiger partial charge < -0.3 is 4.90 Å². The van der Waals surface area contributed by atoms with Gasteiger partial charge in [-0.2, -0.15) is 0 Å². The average molecular weight is 316 g/mol. The monoisotopic (exact) mass is 315 g/mol. The molecule has 5 heteroatoms. The summed E-state index contributed by atoms with van der Waals surface area (Å²) >= 11 is 11.7. The molecule has 0 spiro atoms. The molecule has 1 aromatic rings. The van der Waals surface area contributed by atoms with Crippen molar-refractivity contribution in [2.45, 2.75) is 13.8 Å². The molecule has 0 radical (unpaired) electrons. The number of alkyl halides is 1. The van der Waals surface area contributed by atoms with Crippen LogP contribution in [-0.2, 0) is 4.79 Å². The SMILES string of the molecule is C=CCN(C(=O)CCl)C(=C(C)C)c1c(F)cccc1Cl. The molecule has 2 nitrogen and oxygen atoms in total. The maximum atomic E-state index is 14.1. The van der Waals surface area contributed by atoms with Crippen LogP contribution in [0.15, 0.2) is 36.4 Å². The van der Waals surface area contributed by atoms with Crippen LogP contribution in [-0.4, -0.2) is 23.2 Å². The fourth-order valence-electron chi connectivity index (χ4n) is 1.90. The van der Waals surface area contributed by atoms with Gasteiger partial charge in [0.2, 0.25) is 5.91 Å². The van der Waals surface area contributed by atoms with Crippen LogP contribution in [0.4, 0.5) is 4.39 Å². The number of hydrogen-bond acceptors (Lipinski definition) is 1. The Hall–Kier alpha value is -1.32. The van der Waals surface area contributed by atoms with E-state index in [1.54, 1.807) is 26.0 Å². The molecule has 0 bridgehead atoms. The van der Waals surface area contributed by atoms with Crippen LogP contribution in [0.2, 0.25) is 5.02 Å². The van der Waals surface area contributed by atoms with Gasteiger partial charge in [-0.25, -0.2) is 4.39 Å². The summed E-state index contributed by atoms with van der Waals surface area (Å²) in [5.74, 6) is -1.01. The molecule has 0 aliphatic rings. The minimum Gasteiger partial charge on any atom is -0.307 e. The van der Waals surface area contributed by atoms with Crippen molar-refractivity contribution in [2.75, 3.05) is 12.4 Å². The number of rotatable bonds is 5. The Kier molecular flexibility index (Phi) is 6.24. The van der Waals surface area contributed by atoms with Crippen molar-refractivity contribution < 1.29 is 9.18 Å². The molecule has 0 unspecified atom stereocenters. The molecule has 108 valence electrons. The first-order valence-corrected chi connectivity index (χ1v) is 6.94. The molecule has 0 heterocycles. The third-order valence-electron chi connectivity index (χ3n) is 2.67. The highest BCUT2D eigenvalue weighted by Gasteiger charge is 2.23. The second-order valence-electron chi connectivity index (χ2n) is 4.37. The summed E-state index contributed by atoms with van der Waals surface area (Å²) in [6, 6.07) is 4.41. The molecule has 20 heavy (non-hydrogen) atoms. The number of nitrogens with zero attached hydrogens (tertiary/aromatic N) is 1. The number of halogens is 3. The molecule has 0 aromatic heterocycles. The van der Waals surface area contributed by atoms with Crippen molar-refractivity contribution in [3.05, 3.63) is 52.8 Å². The van der Waals surface area contributed by atoms with E-state index in [0.717, 1.165) is 5.57 Å². The van der Waals surface area contributed by atoms with E-state index in [4.69, 9.17) is 23.2 Å². The van der Waals surface area contributed by atoms with Crippen molar-refractivity contribution in [3.8, 4) is 0 Å². The van der Waals surface area contributed by atoms with Gasteiger partial charge in [0.15, 0.2) is 0 Å². The molecule has 0 N–H and O–H groups in total. The zero-order valence-electron chi connectivity index (χ0n) is 11.4. The molecular formula is C15H16Cl2FNO. The quantitative estimate of drug-likeness (QED) is 0.579. The van der Waals surface area contributed by atoms with Crippen LogP contribution in [0.25, 0.3) is 5.70 Å². The third kappa shape index (κ3) is 3.62. The summed E-state index contributed by atoms with van der Waals surface area (Å²) < 4.78 is 14.1. The van der Waals surface area contributed by atoms with E-state index in [1.807, 2.05) is 0 Å². The van der Waals surface area contributed by atoms with Gasteiger partial charge in [-0.15, -0.1) is 18.2 Å². The predicted molar refractivity (Wildman–Crippen MR) is 82.3 cm³/mol. The van der Waals surface area contributed by atoms with Crippen molar-refractivity contribution >= 4 is 34.8 Å². The summed E-state index contributed by atoms with van der Waals surface area (Å²) in [6.07, 6.45) is 1.56. The molecule has 0 aliphatic heterocycles. The van der Waals surface area contributed by atoms with Gasteiger partial charge in [-0.1, -0.05) is 29.3 Å². The largest absolute Gasteiger partial charge is 0.307 e. The van der Waals surface area contributed by atoms with Crippen LogP contribution in [0.3, 0.4) is 0 Å².